The predicted molar refractivity (Wildman–Crippen MR) is 78.0 cm³/mol. The average Bonchev–Trinajstić information content (AvgIpc) is 2.34. The Hall–Kier alpha value is -0.580. The first-order valence-electron chi connectivity index (χ1n) is 6.07. The molecule has 0 radical (unpaired) electrons. The van der Waals surface area contributed by atoms with Crippen LogP contribution in [0.15, 0.2) is 22.7 Å². The lowest BCUT2D eigenvalue weighted by molar-refractivity contribution is -0.119. The number of hydrogen-bond donors (Lipinski definition) is 2. The molecule has 0 bridgehead atoms. The molecule has 2 unspecified atom stereocenters. The fourth-order valence-corrected chi connectivity index (χ4v) is 2.69. The zero-order valence-corrected chi connectivity index (χ0v) is 12.5. The van der Waals surface area contributed by atoms with E-state index in [2.05, 4.69) is 33.5 Å². The fraction of sp³-hybridized carbons (Fsp3) is 0.462. The second-order valence-corrected chi connectivity index (χ2v) is 5.93. The normalized spacial score (nSPS) is 23.7. The van der Waals surface area contributed by atoms with E-state index in [4.69, 9.17) is 11.6 Å². The van der Waals surface area contributed by atoms with E-state index in [1.54, 1.807) is 12.1 Å². The van der Waals surface area contributed by atoms with E-state index >= 15 is 0 Å². The highest BCUT2D eigenvalue weighted by Crippen LogP contribution is 2.26. The number of carbonyl (C=O) groups excluding carboxylic acids is 1. The third-order valence-corrected chi connectivity index (χ3v) is 4.45. The molecule has 1 aromatic rings. The zero-order chi connectivity index (χ0) is 13.1. The number of benzene rings is 1. The number of amides is 1. The summed E-state index contributed by atoms with van der Waals surface area (Å²) >= 11 is 9.26. The lowest BCUT2D eigenvalue weighted by Gasteiger charge is -2.28. The Morgan fingerprint density at radius 2 is 2.33 bits per heavy atom. The summed E-state index contributed by atoms with van der Waals surface area (Å²) < 4.78 is 0.784. The molecule has 1 heterocycles. The minimum absolute atomic E-state index is 0.0245. The Bertz CT molecular complexity index is 453. The molecule has 0 spiro atoms. The second-order valence-electron chi connectivity index (χ2n) is 4.67. The van der Waals surface area contributed by atoms with Crippen LogP contribution in [0.2, 0.25) is 5.02 Å². The van der Waals surface area contributed by atoms with Crippen molar-refractivity contribution in [3.8, 4) is 0 Å². The molecule has 0 aliphatic carbocycles. The number of hydrogen-bond acceptors (Lipinski definition) is 2. The summed E-state index contributed by atoms with van der Waals surface area (Å²) in [5.74, 6) is 0.394. The molecule has 1 amide bonds. The Balaban J connectivity index is 2.04. The van der Waals surface area contributed by atoms with E-state index in [-0.39, 0.29) is 11.9 Å². The van der Waals surface area contributed by atoms with Gasteiger partial charge in [0.15, 0.2) is 0 Å². The topological polar surface area (TPSA) is 41.1 Å². The van der Waals surface area contributed by atoms with E-state index in [1.807, 2.05) is 6.07 Å². The standard InChI is InChI=1S/C13H16BrClN2O/c1-8-3-2-6-16-12(8)13(18)17-9-4-5-11(15)10(14)7-9/h4-5,7-8,12,16H,2-3,6H2,1H3,(H,17,18). The summed E-state index contributed by atoms with van der Waals surface area (Å²) in [4.78, 5) is 12.2. The van der Waals surface area contributed by atoms with Gasteiger partial charge in [-0.3, -0.25) is 4.79 Å². The quantitative estimate of drug-likeness (QED) is 0.872. The highest BCUT2D eigenvalue weighted by atomic mass is 79.9. The maximum atomic E-state index is 12.2. The van der Waals surface area contributed by atoms with Gasteiger partial charge in [-0.25, -0.2) is 0 Å². The van der Waals surface area contributed by atoms with Crippen molar-refractivity contribution in [3.05, 3.63) is 27.7 Å². The summed E-state index contributed by atoms with van der Waals surface area (Å²) in [5, 5.41) is 6.82. The van der Waals surface area contributed by atoms with Gasteiger partial charge in [0, 0.05) is 10.2 Å². The van der Waals surface area contributed by atoms with Crippen LogP contribution in [0.5, 0.6) is 0 Å². The summed E-state index contributed by atoms with van der Waals surface area (Å²) in [7, 11) is 0. The summed E-state index contributed by atoms with van der Waals surface area (Å²) in [6.45, 7) is 3.01. The Morgan fingerprint density at radius 3 is 3.00 bits per heavy atom. The van der Waals surface area contributed by atoms with Crippen LogP contribution in [0.3, 0.4) is 0 Å². The second kappa shape index (κ2) is 6.04. The molecule has 1 aromatic carbocycles. The summed E-state index contributed by atoms with van der Waals surface area (Å²) in [6.07, 6.45) is 2.23. The van der Waals surface area contributed by atoms with Crippen molar-refractivity contribution in [2.24, 2.45) is 5.92 Å². The van der Waals surface area contributed by atoms with Crippen molar-refractivity contribution >= 4 is 39.1 Å². The highest BCUT2D eigenvalue weighted by Gasteiger charge is 2.27. The highest BCUT2D eigenvalue weighted by molar-refractivity contribution is 9.10. The van der Waals surface area contributed by atoms with Crippen molar-refractivity contribution < 1.29 is 4.79 Å². The lowest BCUT2D eigenvalue weighted by Crippen LogP contribution is -2.48. The maximum absolute atomic E-state index is 12.2. The molecule has 98 valence electrons. The Morgan fingerprint density at radius 1 is 1.56 bits per heavy atom. The molecule has 1 aliphatic heterocycles. The van der Waals surface area contributed by atoms with E-state index in [0.29, 0.717) is 10.9 Å². The van der Waals surface area contributed by atoms with Crippen molar-refractivity contribution in [1.82, 2.24) is 5.32 Å². The van der Waals surface area contributed by atoms with Gasteiger partial charge in [-0.15, -0.1) is 0 Å². The monoisotopic (exact) mass is 330 g/mol. The third kappa shape index (κ3) is 3.25. The van der Waals surface area contributed by atoms with Gasteiger partial charge in [-0.05, 0) is 59.4 Å². The van der Waals surface area contributed by atoms with Crippen LogP contribution in [0.1, 0.15) is 19.8 Å². The van der Waals surface area contributed by atoms with Gasteiger partial charge in [0.1, 0.15) is 0 Å². The van der Waals surface area contributed by atoms with Crippen molar-refractivity contribution in [2.75, 3.05) is 11.9 Å². The SMILES string of the molecule is CC1CCCNC1C(=O)Nc1ccc(Cl)c(Br)c1. The first kappa shape index (κ1) is 13.8. The molecule has 2 rings (SSSR count). The van der Waals surface area contributed by atoms with Crippen molar-refractivity contribution in [1.29, 1.82) is 0 Å². The fourth-order valence-electron chi connectivity index (χ4n) is 2.19. The molecule has 5 heteroatoms. The van der Waals surface area contributed by atoms with Crippen molar-refractivity contribution in [3.63, 3.8) is 0 Å². The maximum Gasteiger partial charge on any atom is 0.241 e. The van der Waals surface area contributed by atoms with Crippen LogP contribution >= 0.6 is 27.5 Å². The van der Waals surface area contributed by atoms with Crippen LogP contribution in [-0.2, 0) is 4.79 Å². The molecular formula is C13H16BrClN2O. The molecule has 2 N–H and O–H groups in total. The van der Waals surface area contributed by atoms with Gasteiger partial charge in [-0.2, -0.15) is 0 Å². The van der Waals surface area contributed by atoms with Crippen molar-refractivity contribution in [2.45, 2.75) is 25.8 Å². The molecule has 2 atom stereocenters. The molecule has 3 nitrogen and oxygen atoms in total. The van der Waals surface area contributed by atoms with Crippen LogP contribution in [0.25, 0.3) is 0 Å². The first-order chi connectivity index (χ1) is 8.58. The largest absolute Gasteiger partial charge is 0.325 e. The Kier molecular flexibility index (Phi) is 4.65. The molecule has 1 fully saturated rings. The van der Waals surface area contributed by atoms with Gasteiger partial charge in [0.25, 0.3) is 0 Å². The van der Waals surface area contributed by atoms with Gasteiger partial charge >= 0.3 is 0 Å². The molecule has 0 saturated carbocycles. The van der Waals surface area contributed by atoms with Crippen LogP contribution in [-0.4, -0.2) is 18.5 Å². The van der Waals surface area contributed by atoms with E-state index < -0.39 is 0 Å². The lowest BCUT2D eigenvalue weighted by atomic mass is 9.92. The molecule has 0 aromatic heterocycles. The number of rotatable bonds is 2. The number of nitrogens with one attached hydrogen (secondary N) is 2. The number of halogens is 2. The Labute approximate surface area is 120 Å². The van der Waals surface area contributed by atoms with Crippen LogP contribution in [0, 0.1) is 5.92 Å². The van der Waals surface area contributed by atoms with Crippen LogP contribution < -0.4 is 10.6 Å². The number of carbonyl (C=O) groups is 1. The van der Waals surface area contributed by atoms with Gasteiger partial charge < -0.3 is 10.6 Å². The van der Waals surface area contributed by atoms with Crippen LogP contribution in [0.4, 0.5) is 5.69 Å². The van der Waals surface area contributed by atoms with Gasteiger partial charge in [0.2, 0.25) is 5.91 Å². The van der Waals surface area contributed by atoms with E-state index in [9.17, 15) is 4.79 Å². The summed E-state index contributed by atoms with van der Waals surface area (Å²) in [6, 6.07) is 5.28. The van der Waals surface area contributed by atoms with E-state index in [1.165, 1.54) is 0 Å². The number of piperidine rings is 1. The molecule has 1 aliphatic rings. The molecular weight excluding hydrogens is 316 g/mol. The molecule has 18 heavy (non-hydrogen) atoms. The smallest absolute Gasteiger partial charge is 0.241 e. The predicted octanol–water partition coefficient (Wildman–Crippen LogP) is 3.43. The summed E-state index contributed by atoms with van der Waals surface area (Å²) in [5.41, 5.74) is 0.760. The number of anilines is 1. The van der Waals surface area contributed by atoms with E-state index in [0.717, 1.165) is 29.5 Å². The third-order valence-electron chi connectivity index (χ3n) is 3.24. The minimum atomic E-state index is -0.104. The first-order valence-corrected chi connectivity index (χ1v) is 7.24. The molecule has 1 saturated heterocycles. The van der Waals surface area contributed by atoms with Gasteiger partial charge in [-0.1, -0.05) is 18.5 Å². The zero-order valence-electron chi connectivity index (χ0n) is 10.2. The van der Waals surface area contributed by atoms with Gasteiger partial charge in [0.05, 0.1) is 11.1 Å². The minimum Gasteiger partial charge on any atom is -0.325 e. The average molecular weight is 332 g/mol.